The fourth-order valence-electron chi connectivity index (χ4n) is 10.1. The van der Waals surface area contributed by atoms with Gasteiger partial charge in [0, 0.05) is 130 Å². The molecule has 3 N–H and O–H groups in total. The summed E-state index contributed by atoms with van der Waals surface area (Å²) < 4.78 is 39.8. The van der Waals surface area contributed by atoms with Gasteiger partial charge in [-0.15, -0.1) is 0 Å². The first kappa shape index (κ1) is 48.0. The number of aromatic nitrogens is 7. The molecule has 3 aliphatic rings. The predicted octanol–water partition coefficient (Wildman–Crippen LogP) is 8.00. The molecular formula is C50H57BrFN14O4P. The van der Waals surface area contributed by atoms with E-state index in [1.165, 1.54) is 11.0 Å². The van der Waals surface area contributed by atoms with E-state index in [2.05, 4.69) is 80.8 Å². The molecule has 3 saturated heterocycles. The molecule has 7 aromatic rings. The van der Waals surface area contributed by atoms with Crippen molar-refractivity contribution < 1.29 is 23.3 Å². The lowest BCUT2D eigenvalue weighted by Crippen LogP contribution is -2.49. The Labute approximate surface area is 419 Å². The van der Waals surface area contributed by atoms with E-state index in [4.69, 9.17) is 14.7 Å². The number of benzene rings is 3. The molecule has 3 aliphatic heterocycles. The Morgan fingerprint density at radius 2 is 1.66 bits per heavy atom. The first-order valence-electron chi connectivity index (χ1n) is 23.9. The lowest BCUT2D eigenvalue weighted by atomic mass is 9.94. The number of amides is 3. The number of pyridine rings is 1. The second-order valence-corrected chi connectivity index (χ2v) is 22.9. The first-order chi connectivity index (χ1) is 34.1. The van der Waals surface area contributed by atoms with Crippen molar-refractivity contribution in [3.05, 3.63) is 83.1 Å². The summed E-state index contributed by atoms with van der Waals surface area (Å²) in [5.41, 5.74) is 7.39. The summed E-state index contributed by atoms with van der Waals surface area (Å²) in [6, 6.07) is 14.7. The molecule has 71 heavy (non-hydrogen) atoms. The highest BCUT2D eigenvalue weighted by molar-refractivity contribution is 9.10. The van der Waals surface area contributed by atoms with Crippen LogP contribution in [0.2, 0.25) is 0 Å². The zero-order chi connectivity index (χ0) is 49.7. The molecule has 370 valence electrons. The minimum absolute atomic E-state index is 0.161. The fourth-order valence-corrected chi connectivity index (χ4v) is 11.9. The number of urea groups is 1. The van der Waals surface area contributed by atoms with Crippen LogP contribution in [0.3, 0.4) is 0 Å². The monoisotopic (exact) mass is 1050 g/mol. The number of hydrogen-bond donors (Lipinski definition) is 3. The number of piperidine rings is 1. The van der Waals surface area contributed by atoms with Crippen LogP contribution in [0, 0.1) is 11.7 Å². The Bertz CT molecular complexity index is 3250. The van der Waals surface area contributed by atoms with Gasteiger partial charge in [-0.3, -0.25) is 34.3 Å². The number of rotatable bonds is 13. The van der Waals surface area contributed by atoms with Crippen molar-refractivity contribution >= 4 is 102 Å². The van der Waals surface area contributed by atoms with Gasteiger partial charge in [-0.05, 0) is 90.8 Å². The molecule has 0 atom stereocenters. The maximum atomic E-state index is 15.9. The van der Waals surface area contributed by atoms with Crippen LogP contribution in [0.5, 0.6) is 5.75 Å². The van der Waals surface area contributed by atoms with E-state index in [9.17, 15) is 14.2 Å². The zero-order valence-electron chi connectivity index (χ0n) is 40.7. The van der Waals surface area contributed by atoms with Gasteiger partial charge in [-0.2, -0.15) is 15.2 Å². The summed E-state index contributed by atoms with van der Waals surface area (Å²) >= 11 is 3.64. The van der Waals surface area contributed by atoms with E-state index in [0.717, 1.165) is 90.9 Å². The maximum Gasteiger partial charge on any atom is 0.329 e. The van der Waals surface area contributed by atoms with Gasteiger partial charge in [0.1, 0.15) is 24.5 Å². The van der Waals surface area contributed by atoms with Crippen LogP contribution in [0.25, 0.3) is 32.9 Å². The largest absolute Gasteiger partial charge is 0.494 e. The Morgan fingerprint density at radius 3 is 2.37 bits per heavy atom. The molecule has 0 aliphatic carbocycles. The minimum atomic E-state index is -2.78. The summed E-state index contributed by atoms with van der Waals surface area (Å²) in [7, 11) is 2.57. The Hall–Kier alpha value is -6.63. The number of imide groups is 1. The summed E-state index contributed by atoms with van der Waals surface area (Å²) in [4.78, 5) is 47.1. The summed E-state index contributed by atoms with van der Waals surface area (Å²) in [5.74, 6) is 1.62. The third kappa shape index (κ3) is 9.76. The number of nitrogens with one attached hydrogen (secondary N) is 3. The van der Waals surface area contributed by atoms with Crippen molar-refractivity contribution in [1.82, 2.24) is 44.7 Å². The van der Waals surface area contributed by atoms with Crippen molar-refractivity contribution in [3.8, 4) is 16.9 Å². The number of methoxy groups -OCH3 is 1. The Morgan fingerprint density at radius 1 is 0.887 bits per heavy atom. The van der Waals surface area contributed by atoms with E-state index in [1.54, 1.807) is 43.0 Å². The fraction of sp³-hybridized carbons (Fsp3) is 0.380. The predicted molar refractivity (Wildman–Crippen MR) is 281 cm³/mol. The number of nitrogens with zero attached hydrogens (tertiary/aromatic N) is 11. The lowest BCUT2D eigenvalue weighted by molar-refractivity contribution is -0.120. The standard InChI is InChI=1S/C50H57BrFN14O4P/c1-7-32-8-9-33-38(55-32)10-11-39(46(33)71(5,6)69)56-47-36(51)27-53-49(59-47)57-40-23-34(31-26-54-61(2)29-31)42(25-44(40)70-4)64-15-12-30(13-16-64)28-63-18-20-65(21-19-63)43-24-41-35(22-37(43)52)48(60-62(41)3)66-17-14-45(67)58-50(66)68/h8-11,22-27,29-30H,7,12-21,28H2,1-6H3,(H,58,67,68)(H2,53,56,57,59). The number of aryl methyl sites for hydroxylation is 3. The van der Waals surface area contributed by atoms with E-state index in [1.807, 2.05) is 49.8 Å². The van der Waals surface area contributed by atoms with Gasteiger partial charge >= 0.3 is 6.03 Å². The molecule has 0 bridgehead atoms. The van der Waals surface area contributed by atoms with Crippen molar-refractivity contribution in [2.24, 2.45) is 20.0 Å². The van der Waals surface area contributed by atoms with Crippen molar-refractivity contribution in [2.75, 3.05) is 98.1 Å². The number of ether oxygens (including phenoxy) is 1. The van der Waals surface area contributed by atoms with Crippen molar-refractivity contribution in [1.29, 1.82) is 0 Å². The number of carbonyl (C=O) groups excluding carboxylic acids is 2. The molecule has 3 fully saturated rings. The third-order valence-electron chi connectivity index (χ3n) is 13.8. The number of halogens is 2. The average Bonchev–Trinajstić information content (AvgIpc) is 3.93. The molecule has 21 heteroatoms. The molecule has 0 radical (unpaired) electrons. The van der Waals surface area contributed by atoms with Gasteiger partial charge in [-0.1, -0.05) is 13.0 Å². The lowest BCUT2D eigenvalue weighted by Gasteiger charge is -2.40. The van der Waals surface area contributed by atoms with Gasteiger partial charge < -0.3 is 29.7 Å². The van der Waals surface area contributed by atoms with Gasteiger partial charge in [0.05, 0.1) is 45.9 Å². The molecular weight excluding hydrogens is 991 g/mol. The first-order valence-corrected chi connectivity index (χ1v) is 27.3. The highest BCUT2D eigenvalue weighted by Gasteiger charge is 2.31. The van der Waals surface area contributed by atoms with Crippen LogP contribution in [-0.2, 0) is 29.9 Å². The molecule has 0 saturated carbocycles. The third-order valence-corrected chi connectivity index (χ3v) is 15.9. The number of fused-ring (bicyclic) bond motifs is 2. The van der Waals surface area contributed by atoms with Gasteiger partial charge in [0.15, 0.2) is 5.82 Å². The quantitative estimate of drug-likeness (QED) is 0.0945. The number of hydrogen-bond acceptors (Lipinski definition) is 14. The summed E-state index contributed by atoms with van der Waals surface area (Å²) in [5, 5.41) is 20.4. The molecule has 0 spiro atoms. The number of carbonyl (C=O) groups is 2. The Kier molecular flexibility index (Phi) is 13.2. The number of anilines is 7. The Balaban J connectivity index is 0.817. The minimum Gasteiger partial charge on any atom is -0.494 e. The molecule has 4 aromatic heterocycles. The van der Waals surface area contributed by atoms with Crippen LogP contribution in [0.4, 0.5) is 49.5 Å². The highest BCUT2D eigenvalue weighted by Crippen LogP contribution is 2.44. The van der Waals surface area contributed by atoms with Crippen LogP contribution in [0.15, 0.2) is 71.6 Å². The van der Waals surface area contributed by atoms with Crippen LogP contribution in [-0.4, -0.2) is 124 Å². The zero-order valence-corrected chi connectivity index (χ0v) is 43.1. The second-order valence-electron chi connectivity index (χ2n) is 18.9. The molecule has 0 unspecified atom stereocenters. The molecule has 7 heterocycles. The topological polar surface area (TPSA) is 184 Å². The summed E-state index contributed by atoms with van der Waals surface area (Å²) in [6.07, 6.45) is 8.55. The van der Waals surface area contributed by atoms with E-state index in [-0.39, 0.29) is 24.7 Å². The molecule has 3 amide bonds. The van der Waals surface area contributed by atoms with Crippen molar-refractivity contribution in [3.63, 3.8) is 0 Å². The smallest absolute Gasteiger partial charge is 0.329 e. The van der Waals surface area contributed by atoms with Gasteiger partial charge in [0.25, 0.3) is 0 Å². The van der Waals surface area contributed by atoms with Gasteiger partial charge in [-0.25, -0.2) is 14.2 Å². The second kappa shape index (κ2) is 19.5. The maximum absolute atomic E-state index is 15.9. The molecule has 10 rings (SSSR count). The molecule has 3 aromatic carbocycles. The van der Waals surface area contributed by atoms with E-state index < -0.39 is 13.2 Å². The highest BCUT2D eigenvalue weighted by atomic mass is 79.9. The SMILES string of the molecule is CCc1ccc2c(P(C)(C)=O)c(Nc3nc(Nc4cc(-c5cnn(C)c5)c(N5CCC(CN6CCN(c7cc8c(cc7F)c(N7CCC(=O)NC7=O)nn8C)CC6)CC5)cc4OC)ncc3Br)ccc2n1. The van der Waals surface area contributed by atoms with Gasteiger partial charge in [0.2, 0.25) is 11.9 Å². The van der Waals surface area contributed by atoms with E-state index in [0.29, 0.717) is 74.6 Å². The van der Waals surface area contributed by atoms with Crippen LogP contribution in [0.1, 0.15) is 31.9 Å². The van der Waals surface area contributed by atoms with E-state index >= 15 is 4.39 Å². The average molecular weight is 1050 g/mol. The van der Waals surface area contributed by atoms with Crippen molar-refractivity contribution in [2.45, 2.75) is 32.6 Å². The molecule has 18 nitrogen and oxygen atoms in total. The summed E-state index contributed by atoms with van der Waals surface area (Å²) in [6.45, 7) is 11.5. The van der Waals surface area contributed by atoms with Crippen LogP contribution < -0.4 is 40.7 Å². The normalized spacial score (nSPS) is 16.3. The number of piperazine rings is 1. The van der Waals surface area contributed by atoms with Crippen LogP contribution >= 0.6 is 23.1 Å².